The minimum absolute atomic E-state index is 0.444. The lowest BCUT2D eigenvalue weighted by atomic mass is 9.90. The molecule has 2 heterocycles. The summed E-state index contributed by atoms with van der Waals surface area (Å²) in [6.45, 7) is 0. The van der Waals surface area contributed by atoms with Crippen LogP contribution in [-0.2, 0) is 12.4 Å². The Morgan fingerprint density at radius 2 is 0.778 bits per heavy atom. The molecule has 8 aromatic carbocycles. The molecule has 2 aromatic heterocycles. The number of benzene rings is 8. The van der Waals surface area contributed by atoms with Gasteiger partial charge in [0, 0.05) is 38.6 Å². The van der Waals surface area contributed by atoms with Gasteiger partial charge in [-0.1, -0.05) is 140 Å². The molecule has 0 aliphatic heterocycles. The van der Waals surface area contributed by atoms with Crippen LogP contribution in [0.5, 0.6) is 0 Å². The summed E-state index contributed by atoms with van der Waals surface area (Å²) in [4.78, 5) is 10.0. The Morgan fingerprint density at radius 1 is 0.333 bits per heavy atom. The molecule has 10 rings (SSSR count). The van der Waals surface area contributed by atoms with Crippen LogP contribution in [0.3, 0.4) is 0 Å². The van der Waals surface area contributed by atoms with Gasteiger partial charge >= 0.3 is 12.4 Å². The van der Waals surface area contributed by atoms with Gasteiger partial charge in [-0.3, -0.25) is 0 Å². The average Bonchev–Trinajstić information content (AvgIpc) is 3.64. The van der Waals surface area contributed by atoms with Crippen LogP contribution in [-0.4, -0.2) is 14.5 Å². The van der Waals surface area contributed by atoms with E-state index in [9.17, 15) is 26.3 Å². The minimum Gasteiger partial charge on any atom is -0.308 e. The molecule has 0 radical (unpaired) electrons. The second-order valence-corrected chi connectivity index (χ2v) is 15.2. The average molecular weight is 838 g/mol. The SMILES string of the molecule is FC(F)(F)c1ccc(-c2cc(-c3cc(-c4ccccc4)nc(-c4ccccc4)n3)cc(-c3ccc(C(F)(F)F)cc3)c2-n2c3ccccc3c3cc(-c4ccccc4)ccc32)cc1. The van der Waals surface area contributed by atoms with Gasteiger partial charge in [0.25, 0.3) is 0 Å². The molecule has 0 bridgehead atoms. The first-order valence-corrected chi connectivity index (χ1v) is 20.1. The predicted octanol–water partition coefficient (Wildman–Crippen LogP) is 15.6. The van der Waals surface area contributed by atoms with Crippen molar-refractivity contribution in [1.82, 2.24) is 14.5 Å². The number of nitrogens with zero attached hydrogens (tertiary/aromatic N) is 3. The molecule has 0 atom stereocenters. The second-order valence-electron chi connectivity index (χ2n) is 15.2. The summed E-state index contributed by atoms with van der Waals surface area (Å²) < 4.78 is 86.5. The first-order valence-electron chi connectivity index (χ1n) is 20.1. The van der Waals surface area contributed by atoms with Crippen LogP contribution in [0.15, 0.2) is 200 Å². The fourth-order valence-corrected chi connectivity index (χ4v) is 8.23. The van der Waals surface area contributed by atoms with Crippen molar-refractivity contribution >= 4 is 21.8 Å². The van der Waals surface area contributed by atoms with Crippen molar-refractivity contribution in [3.63, 3.8) is 0 Å². The largest absolute Gasteiger partial charge is 0.416 e. The van der Waals surface area contributed by atoms with Crippen LogP contribution in [0.2, 0.25) is 0 Å². The van der Waals surface area contributed by atoms with Crippen LogP contribution in [0.25, 0.3) is 94.8 Å². The van der Waals surface area contributed by atoms with E-state index in [0.29, 0.717) is 50.7 Å². The molecule has 0 saturated heterocycles. The second kappa shape index (κ2) is 15.6. The number of para-hydroxylation sites is 1. The van der Waals surface area contributed by atoms with Crippen molar-refractivity contribution in [3.05, 3.63) is 211 Å². The molecule has 0 fully saturated rings. The van der Waals surface area contributed by atoms with Gasteiger partial charge in [-0.05, 0) is 82.9 Å². The summed E-state index contributed by atoms with van der Waals surface area (Å²) in [5.74, 6) is 0.444. The molecular weight excluding hydrogens is 805 g/mol. The van der Waals surface area contributed by atoms with E-state index < -0.39 is 23.5 Å². The molecule has 63 heavy (non-hydrogen) atoms. The van der Waals surface area contributed by atoms with Crippen molar-refractivity contribution in [1.29, 1.82) is 0 Å². The maximum Gasteiger partial charge on any atom is 0.416 e. The molecule has 306 valence electrons. The van der Waals surface area contributed by atoms with E-state index in [2.05, 4.69) is 10.6 Å². The molecule has 9 heteroatoms. The highest BCUT2D eigenvalue weighted by molar-refractivity contribution is 6.12. The molecule has 0 spiro atoms. The topological polar surface area (TPSA) is 30.7 Å². The highest BCUT2D eigenvalue weighted by Crippen LogP contribution is 2.46. The summed E-state index contributed by atoms with van der Waals surface area (Å²) in [5.41, 5.74) is 7.84. The molecule has 3 nitrogen and oxygen atoms in total. The van der Waals surface area contributed by atoms with Crippen LogP contribution in [0.1, 0.15) is 11.1 Å². The number of aromatic nitrogens is 3. The fraction of sp³-hybridized carbons (Fsp3) is 0.0370. The van der Waals surface area contributed by atoms with Crippen molar-refractivity contribution in [2.75, 3.05) is 0 Å². The Hall–Kier alpha value is -7.78. The molecule has 0 unspecified atom stereocenters. The zero-order valence-electron chi connectivity index (χ0n) is 33.2. The fourth-order valence-electron chi connectivity index (χ4n) is 8.23. The van der Waals surface area contributed by atoms with Gasteiger partial charge < -0.3 is 4.57 Å². The number of alkyl halides is 6. The van der Waals surface area contributed by atoms with Crippen molar-refractivity contribution in [2.24, 2.45) is 0 Å². The summed E-state index contributed by atoms with van der Waals surface area (Å²) >= 11 is 0. The molecule has 0 N–H and O–H groups in total. The normalized spacial score (nSPS) is 12.0. The lowest BCUT2D eigenvalue weighted by Crippen LogP contribution is -2.06. The Morgan fingerprint density at radius 3 is 1.32 bits per heavy atom. The Kier molecular flexibility index (Phi) is 9.75. The number of hydrogen-bond acceptors (Lipinski definition) is 2. The number of hydrogen-bond donors (Lipinski definition) is 0. The molecule has 0 aliphatic carbocycles. The molecule has 10 aromatic rings. The standard InChI is InChI=1S/C54H33F6N3/c55-53(56,57)41-25-20-35(21-26-41)44-31-40(48-33-47(37-14-6-2-7-15-37)61-52(62-48)38-16-8-3-9-17-38)32-45(36-22-27-42(28-23-36)54(58,59)60)51(44)63-49-19-11-10-18-43(49)46-30-39(24-29-50(46)63)34-12-4-1-5-13-34/h1-33H. The van der Waals surface area contributed by atoms with Crippen molar-refractivity contribution < 1.29 is 26.3 Å². The number of halogens is 6. The highest BCUT2D eigenvalue weighted by atomic mass is 19.4. The molecule has 0 saturated carbocycles. The van der Waals surface area contributed by atoms with E-state index >= 15 is 0 Å². The van der Waals surface area contributed by atoms with E-state index in [-0.39, 0.29) is 0 Å². The molecule has 0 aliphatic rings. The van der Waals surface area contributed by atoms with Gasteiger partial charge in [-0.2, -0.15) is 26.3 Å². The third kappa shape index (κ3) is 7.52. The first kappa shape index (κ1) is 39.4. The zero-order valence-corrected chi connectivity index (χ0v) is 33.2. The van der Waals surface area contributed by atoms with E-state index in [1.54, 1.807) is 0 Å². The van der Waals surface area contributed by atoms with Crippen molar-refractivity contribution in [2.45, 2.75) is 12.4 Å². The van der Waals surface area contributed by atoms with Gasteiger partial charge in [0.2, 0.25) is 0 Å². The Labute approximate surface area is 358 Å². The van der Waals surface area contributed by atoms with Crippen molar-refractivity contribution in [3.8, 4) is 73.0 Å². The minimum atomic E-state index is -4.58. The van der Waals surface area contributed by atoms with E-state index in [1.807, 2.05) is 146 Å². The Balaban J connectivity index is 1.32. The van der Waals surface area contributed by atoms with Gasteiger partial charge in [-0.25, -0.2) is 9.97 Å². The summed E-state index contributed by atoms with van der Waals surface area (Å²) in [7, 11) is 0. The van der Waals surface area contributed by atoms with E-state index in [0.717, 1.165) is 68.3 Å². The summed E-state index contributed by atoms with van der Waals surface area (Å²) in [5, 5.41) is 1.84. The van der Waals surface area contributed by atoms with Gasteiger partial charge in [0.15, 0.2) is 5.82 Å². The maximum absolute atomic E-state index is 14.1. The lowest BCUT2D eigenvalue weighted by Gasteiger charge is -2.22. The monoisotopic (exact) mass is 837 g/mol. The lowest BCUT2D eigenvalue weighted by molar-refractivity contribution is -0.138. The van der Waals surface area contributed by atoms with Crippen LogP contribution < -0.4 is 0 Å². The van der Waals surface area contributed by atoms with Gasteiger partial charge in [0.05, 0.1) is 39.2 Å². The van der Waals surface area contributed by atoms with Crippen LogP contribution >= 0.6 is 0 Å². The van der Waals surface area contributed by atoms with E-state index in [4.69, 9.17) is 9.97 Å². The predicted molar refractivity (Wildman–Crippen MR) is 239 cm³/mol. The zero-order chi connectivity index (χ0) is 43.3. The first-order chi connectivity index (χ1) is 30.5. The van der Waals surface area contributed by atoms with E-state index in [1.165, 1.54) is 24.3 Å². The third-order valence-electron chi connectivity index (χ3n) is 11.3. The smallest absolute Gasteiger partial charge is 0.308 e. The summed E-state index contributed by atoms with van der Waals surface area (Å²) in [6, 6.07) is 58.7. The van der Waals surface area contributed by atoms with Crippen LogP contribution in [0.4, 0.5) is 26.3 Å². The third-order valence-corrected chi connectivity index (χ3v) is 11.3. The number of fused-ring (bicyclic) bond motifs is 3. The number of rotatable bonds is 7. The Bertz CT molecular complexity index is 3130. The van der Waals surface area contributed by atoms with Crippen LogP contribution in [0, 0.1) is 0 Å². The summed E-state index contributed by atoms with van der Waals surface area (Å²) in [6.07, 6.45) is -9.17. The van der Waals surface area contributed by atoms with Gasteiger partial charge in [0.1, 0.15) is 0 Å². The quantitative estimate of drug-likeness (QED) is 0.150. The molecular formula is C54H33F6N3. The maximum atomic E-state index is 14.1. The molecule has 0 amide bonds. The highest BCUT2D eigenvalue weighted by Gasteiger charge is 2.32. The van der Waals surface area contributed by atoms with Gasteiger partial charge in [-0.15, -0.1) is 0 Å².